The van der Waals surface area contributed by atoms with Gasteiger partial charge in [-0.05, 0) is 49.1 Å². The number of benzene rings is 1. The van der Waals surface area contributed by atoms with Crippen molar-refractivity contribution in [3.63, 3.8) is 0 Å². The molecule has 4 rings (SSSR count). The summed E-state index contributed by atoms with van der Waals surface area (Å²) in [5.41, 5.74) is 1.48. The standard InChI is InChI=1S/C23H27N3O4/c1-29-19-5-4-17-14-21(25-20(17)15-19)23(28)26-10-7-16(8-11-26)13-22(27)24-9-6-18-3-2-12-30-18/h2-5,12,14-16,25H,6-11,13H2,1H3,(H,24,27). The van der Waals surface area contributed by atoms with Gasteiger partial charge in [-0.15, -0.1) is 0 Å². The fraction of sp³-hybridized carbons (Fsp3) is 0.391. The van der Waals surface area contributed by atoms with Crippen molar-refractivity contribution in [3.05, 3.63) is 54.1 Å². The van der Waals surface area contributed by atoms with E-state index in [2.05, 4.69) is 10.3 Å². The summed E-state index contributed by atoms with van der Waals surface area (Å²) >= 11 is 0. The molecule has 0 aliphatic carbocycles. The smallest absolute Gasteiger partial charge is 0.270 e. The van der Waals surface area contributed by atoms with E-state index in [-0.39, 0.29) is 11.8 Å². The number of piperidine rings is 1. The Morgan fingerprint density at radius 1 is 1.23 bits per heavy atom. The molecule has 0 saturated carbocycles. The number of carbonyl (C=O) groups excluding carboxylic acids is 2. The molecule has 3 heterocycles. The second-order valence-corrected chi connectivity index (χ2v) is 7.76. The Labute approximate surface area is 175 Å². The molecule has 2 N–H and O–H groups in total. The molecule has 0 bridgehead atoms. The monoisotopic (exact) mass is 409 g/mol. The summed E-state index contributed by atoms with van der Waals surface area (Å²) in [5.74, 6) is 2.01. The van der Waals surface area contributed by atoms with Gasteiger partial charge >= 0.3 is 0 Å². The van der Waals surface area contributed by atoms with Gasteiger partial charge in [-0.3, -0.25) is 9.59 Å². The highest BCUT2D eigenvalue weighted by atomic mass is 16.5. The fourth-order valence-corrected chi connectivity index (χ4v) is 3.97. The van der Waals surface area contributed by atoms with Crippen molar-refractivity contribution in [3.8, 4) is 5.75 Å². The number of nitrogens with one attached hydrogen (secondary N) is 2. The van der Waals surface area contributed by atoms with E-state index in [1.807, 2.05) is 41.3 Å². The van der Waals surface area contributed by atoms with Crippen LogP contribution >= 0.6 is 0 Å². The summed E-state index contributed by atoms with van der Waals surface area (Å²) in [6, 6.07) is 11.4. The number of ether oxygens (including phenoxy) is 1. The quantitative estimate of drug-likeness (QED) is 0.626. The molecule has 2 amide bonds. The topological polar surface area (TPSA) is 87.6 Å². The summed E-state index contributed by atoms with van der Waals surface area (Å²) in [4.78, 5) is 30.1. The van der Waals surface area contributed by atoms with Crippen LogP contribution < -0.4 is 10.1 Å². The maximum Gasteiger partial charge on any atom is 0.270 e. The Bertz CT molecular complexity index is 1000. The molecule has 0 radical (unpaired) electrons. The van der Waals surface area contributed by atoms with Crippen LogP contribution in [0.25, 0.3) is 10.9 Å². The van der Waals surface area contributed by atoms with E-state index >= 15 is 0 Å². The zero-order chi connectivity index (χ0) is 20.9. The molecule has 158 valence electrons. The molecule has 7 heteroatoms. The maximum absolute atomic E-state index is 12.9. The molecule has 2 aromatic heterocycles. The Hall–Kier alpha value is -3.22. The maximum atomic E-state index is 12.9. The predicted octanol–water partition coefficient (Wildman–Crippen LogP) is 3.37. The van der Waals surface area contributed by atoms with Crippen LogP contribution in [0.3, 0.4) is 0 Å². The van der Waals surface area contributed by atoms with Crippen molar-refractivity contribution in [2.24, 2.45) is 5.92 Å². The number of hydrogen-bond acceptors (Lipinski definition) is 4. The minimum atomic E-state index is 0.00603. The first-order valence-electron chi connectivity index (χ1n) is 10.4. The molecular weight excluding hydrogens is 382 g/mol. The number of methoxy groups -OCH3 is 1. The summed E-state index contributed by atoms with van der Waals surface area (Å²) < 4.78 is 10.5. The van der Waals surface area contributed by atoms with Crippen LogP contribution in [0.15, 0.2) is 47.1 Å². The molecule has 1 aromatic carbocycles. The van der Waals surface area contributed by atoms with E-state index in [4.69, 9.17) is 9.15 Å². The van der Waals surface area contributed by atoms with Gasteiger partial charge in [0.05, 0.1) is 13.4 Å². The van der Waals surface area contributed by atoms with Gasteiger partial charge < -0.3 is 24.4 Å². The second kappa shape index (κ2) is 9.07. The van der Waals surface area contributed by atoms with Crippen LogP contribution in [0.5, 0.6) is 5.75 Å². The Kier molecular flexibility index (Phi) is 6.07. The van der Waals surface area contributed by atoms with Crippen molar-refractivity contribution in [1.29, 1.82) is 0 Å². The number of fused-ring (bicyclic) bond motifs is 1. The number of amides is 2. The Balaban J connectivity index is 1.24. The van der Waals surface area contributed by atoms with E-state index < -0.39 is 0 Å². The molecule has 30 heavy (non-hydrogen) atoms. The molecular formula is C23H27N3O4. The van der Waals surface area contributed by atoms with Gasteiger partial charge in [0.1, 0.15) is 17.2 Å². The van der Waals surface area contributed by atoms with E-state index in [1.165, 1.54) is 0 Å². The number of aromatic amines is 1. The van der Waals surface area contributed by atoms with Crippen LogP contribution in [0.1, 0.15) is 35.5 Å². The molecule has 1 fully saturated rings. The third kappa shape index (κ3) is 4.67. The highest BCUT2D eigenvalue weighted by Crippen LogP contribution is 2.25. The normalized spacial score (nSPS) is 14.8. The lowest BCUT2D eigenvalue weighted by Gasteiger charge is -2.31. The molecule has 7 nitrogen and oxygen atoms in total. The van der Waals surface area contributed by atoms with Crippen LogP contribution in [0.2, 0.25) is 0 Å². The predicted molar refractivity (Wildman–Crippen MR) is 114 cm³/mol. The summed E-state index contributed by atoms with van der Waals surface area (Å²) in [6.45, 7) is 1.92. The van der Waals surface area contributed by atoms with E-state index in [0.29, 0.717) is 44.1 Å². The second-order valence-electron chi connectivity index (χ2n) is 7.76. The molecule has 0 atom stereocenters. The third-order valence-corrected chi connectivity index (χ3v) is 5.71. The molecule has 1 saturated heterocycles. The van der Waals surface area contributed by atoms with Gasteiger partial charge in [-0.2, -0.15) is 0 Å². The minimum absolute atomic E-state index is 0.00603. The lowest BCUT2D eigenvalue weighted by Crippen LogP contribution is -2.40. The number of likely N-dealkylation sites (tertiary alicyclic amines) is 1. The van der Waals surface area contributed by atoms with Gasteiger partial charge in [-0.25, -0.2) is 0 Å². The first-order valence-corrected chi connectivity index (χ1v) is 10.4. The number of hydrogen-bond donors (Lipinski definition) is 2. The van der Waals surface area contributed by atoms with Crippen LogP contribution in [-0.4, -0.2) is 48.4 Å². The largest absolute Gasteiger partial charge is 0.497 e. The van der Waals surface area contributed by atoms with Gasteiger partial charge in [-0.1, -0.05) is 0 Å². The molecule has 0 unspecified atom stereocenters. The lowest BCUT2D eigenvalue weighted by atomic mass is 9.93. The molecule has 0 spiro atoms. The number of rotatable bonds is 7. The number of nitrogens with zero attached hydrogens (tertiary/aromatic N) is 1. The van der Waals surface area contributed by atoms with Gasteiger partial charge in [0.25, 0.3) is 5.91 Å². The number of carbonyl (C=O) groups is 2. The zero-order valence-electron chi connectivity index (χ0n) is 17.1. The minimum Gasteiger partial charge on any atom is -0.497 e. The highest BCUT2D eigenvalue weighted by Gasteiger charge is 2.26. The van der Waals surface area contributed by atoms with E-state index in [9.17, 15) is 9.59 Å². The summed E-state index contributed by atoms with van der Waals surface area (Å²) in [7, 11) is 1.62. The van der Waals surface area contributed by atoms with E-state index in [0.717, 1.165) is 35.3 Å². The van der Waals surface area contributed by atoms with Crippen LogP contribution in [0.4, 0.5) is 0 Å². The average Bonchev–Trinajstić information content (AvgIpc) is 3.43. The summed E-state index contributed by atoms with van der Waals surface area (Å²) in [6.07, 6.45) is 4.52. The van der Waals surface area contributed by atoms with Crippen molar-refractivity contribution in [1.82, 2.24) is 15.2 Å². The third-order valence-electron chi connectivity index (χ3n) is 5.71. The lowest BCUT2D eigenvalue weighted by molar-refractivity contribution is -0.122. The van der Waals surface area contributed by atoms with Crippen LogP contribution in [-0.2, 0) is 11.2 Å². The Morgan fingerprint density at radius 3 is 2.80 bits per heavy atom. The first kappa shape index (κ1) is 20.1. The van der Waals surface area contributed by atoms with Crippen molar-refractivity contribution in [2.45, 2.75) is 25.7 Å². The average molecular weight is 409 g/mol. The van der Waals surface area contributed by atoms with Gasteiger partial charge in [0, 0.05) is 49.4 Å². The number of H-pyrrole nitrogens is 1. The van der Waals surface area contributed by atoms with Crippen molar-refractivity contribution >= 4 is 22.7 Å². The number of aromatic nitrogens is 1. The van der Waals surface area contributed by atoms with E-state index in [1.54, 1.807) is 13.4 Å². The molecule has 1 aliphatic heterocycles. The highest BCUT2D eigenvalue weighted by molar-refractivity contribution is 5.98. The SMILES string of the molecule is COc1ccc2cc(C(=O)N3CCC(CC(=O)NCCc4ccco4)CC3)[nH]c2c1. The van der Waals surface area contributed by atoms with Gasteiger partial charge in [0.15, 0.2) is 0 Å². The fourth-order valence-electron chi connectivity index (χ4n) is 3.97. The van der Waals surface area contributed by atoms with Crippen molar-refractivity contribution < 1.29 is 18.7 Å². The summed E-state index contributed by atoms with van der Waals surface area (Å²) in [5, 5.41) is 3.94. The molecule has 1 aliphatic rings. The van der Waals surface area contributed by atoms with Crippen molar-refractivity contribution in [2.75, 3.05) is 26.7 Å². The zero-order valence-corrected chi connectivity index (χ0v) is 17.1. The van der Waals surface area contributed by atoms with Crippen LogP contribution in [0, 0.1) is 5.92 Å². The number of furan rings is 1. The molecule has 3 aromatic rings. The Morgan fingerprint density at radius 2 is 2.07 bits per heavy atom. The first-order chi connectivity index (χ1) is 14.6. The van der Waals surface area contributed by atoms with Gasteiger partial charge in [0.2, 0.25) is 5.91 Å².